The fraction of sp³-hybridized carbons (Fsp3) is 0.632. The topological polar surface area (TPSA) is 70.2 Å². The highest BCUT2D eigenvalue weighted by Gasteiger charge is 2.35. The van der Waals surface area contributed by atoms with Crippen LogP contribution in [-0.4, -0.2) is 73.7 Å². The molecule has 1 heterocycles. The minimum atomic E-state index is -3.52. The first-order valence-corrected chi connectivity index (χ1v) is 11.2. The summed E-state index contributed by atoms with van der Waals surface area (Å²) in [6, 6.07) is 5.69. The predicted molar refractivity (Wildman–Crippen MR) is 104 cm³/mol. The molecule has 1 saturated heterocycles. The highest BCUT2D eigenvalue weighted by molar-refractivity contribution is 7.86. The van der Waals surface area contributed by atoms with E-state index in [4.69, 9.17) is 4.74 Å². The molecule has 9 heteroatoms. The van der Waals surface area contributed by atoms with Gasteiger partial charge in [-0.3, -0.25) is 4.79 Å². The molecule has 1 aromatic carbocycles. The van der Waals surface area contributed by atoms with Crippen molar-refractivity contribution in [3.63, 3.8) is 0 Å². The van der Waals surface area contributed by atoms with Crippen molar-refractivity contribution in [3.8, 4) is 5.75 Å². The zero-order chi connectivity index (χ0) is 20.1. The largest absolute Gasteiger partial charge is 0.484 e. The Morgan fingerprint density at radius 1 is 1.18 bits per heavy atom. The zero-order valence-corrected chi connectivity index (χ0v) is 17.0. The van der Waals surface area contributed by atoms with E-state index in [9.17, 15) is 17.6 Å². The lowest BCUT2D eigenvalue weighted by Gasteiger charge is -2.38. The molecule has 1 aromatic rings. The summed E-state index contributed by atoms with van der Waals surface area (Å²) in [5, 5.41) is 0. The van der Waals surface area contributed by atoms with Gasteiger partial charge in [-0.2, -0.15) is 17.0 Å². The van der Waals surface area contributed by atoms with Crippen LogP contribution in [0.15, 0.2) is 24.3 Å². The first-order valence-electron chi connectivity index (χ1n) is 9.77. The number of nitrogens with zero attached hydrogens (tertiary/aromatic N) is 3. The number of hydrogen-bond donors (Lipinski definition) is 0. The maximum absolute atomic E-state index is 13.2. The quantitative estimate of drug-likeness (QED) is 0.714. The maximum Gasteiger partial charge on any atom is 0.282 e. The summed E-state index contributed by atoms with van der Waals surface area (Å²) in [5.41, 5.74) is 0. The van der Waals surface area contributed by atoms with Crippen LogP contribution in [0, 0.1) is 5.82 Å². The minimum absolute atomic E-state index is 0.0677. The Morgan fingerprint density at radius 2 is 1.86 bits per heavy atom. The van der Waals surface area contributed by atoms with Crippen LogP contribution >= 0.6 is 0 Å². The molecule has 0 spiro atoms. The monoisotopic (exact) mass is 413 g/mol. The number of halogens is 1. The van der Waals surface area contributed by atoms with Crippen LogP contribution < -0.4 is 4.74 Å². The highest BCUT2D eigenvalue weighted by atomic mass is 32.2. The third-order valence-corrected chi connectivity index (χ3v) is 7.57. The van der Waals surface area contributed by atoms with E-state index in [2.05, 4.69) is 0 Å². The van der Waals surface area contributed by atoms with Crippen LogP contribution in [0.4, 0.5) is 4.39 Å². The Labute approximate surface area is 166 Å². The van der Waals surface area contributed by atoms with Crippen LogP contribution in [0.1, 0.15) is 32.1 Å². The Kier molecular flexibility index (Phi) is 6.90. The van der Waals surface area contributed by atoms with Gasteiger partial charge in [-0.05, 0) is 25.0 Å². The molecular formula is C19H28FN3O4S. The second kappa shape index (κ2) is 9.19. The van der Waals surface area contributed by atoms with Crippen molar-refractivity contribution in [2.45, 2.75) is 38.1 Å². The molecule has 0 unspecified atom stereocenters. The Morgan fingerprint density at radius 3 is 2.50 bits per heavy atom. The molecule has 0 aromatic heterocycles. The Hall–Kier alpha value is -1.71. The molecule has 1 saturated carbocycles. The van der Waals surface area contributed by atoms with Gasteiger partial charge in [0.05, 0.1) is 0 Å². The van der Waals surface area contributed by atoms with Gasteiger partial charge in [0.2, 0.25) is 0 Å². The number of rotatable bonds is 6. The zero-order valence-electron chi connectivity index (χ0n) is 16.2. The number of piperazine rings is 1. The normalized spacial score (nSPS) is 19.8. The Balaban J connectivity index is 1.49. The fourth-order valence-electron chi connectivity index (χ4n) is 3.78. The van der Waals surface area contributed by atoms with E-state index >= 15 is 0 Å². The van der Waals surface area contributed by atoms with Gasteiger partial charge in [0.15, 0.2) is 6.61 Å². The van der Waals surface area contributed by atoms with Crippen molar-refractivity contribution in [2.75, 3.05) is 39.8 Å². The van der Waals surface area contributed by atoms with E-state index in [0.29, 0.717) is 18.8 Å². The maximum atomic E-state index is 13.2. The summed E-state index contributed by atoms with van der Waals surface area (Å²) in [6.45, 7) is 0.987. The third-order valence-electron chi connectivity index (χ3n) is 5.53. The molecule has 2 fully saturated rings. The van der Waals surface area contributed by atoms with Crippen LogP contribution in [0.2, 0.25) is 0 Å². The van der Waals surface area contributed by atoms with Gasteiger partial charge in [0.1, 0.15) is 11.6 Å². The van der Waals surface area contributed by atoms with E-state index < -0.39 is 16.0 Å². The van der Waals surface area contributed by atoms with E-state index in [1.165, 1.54) is 33.2 Å². The van der Waals surface area contributed by atoms with E-state index in [1.54, 1.807) is 18.0 Å². The Bertz CT molecular complexity index is 775. The molecule has 1 amide bonds. The summed E-state index contributed by atoms with van der Waals surface area (Å²) < 4.78 is 47.3. The van der Waals surface area contributed by atoms with Crippen molar-refractivity contribution < 1.29 is 22.3 Å². The number of benzene rings is 1. The average molecular weight is 414 g/mol. The number of carbonyl (C=O) groups excluding carboxylic acids is 1. The summed E-state index contributed by atoms with van der Waals surface area (Å²) in [7, 11) is -1.85. The highest BCUT2D eigenvalue weighted by Crippen LogP contribution is 2.25. The smallest absolute Gasteiger partial charge is 0.282 e. The van der Waals surface area contributed by atoms with Crippen molar-refractivity contribution in [1.82, 2.24) is 13.5 Å². The number of carbonyl (C=O) groups is 1. The number of ether oxygens (including phenoxy) is 1. The van der Waals surface area contributed by atoms with Crippen molar-refractivity contribution >= 4 is 16.1 Å². The second-order valence-corrected chi connectivity index (χ2v) is 9.33. The second-order valence-electron chi connectivity index (χ2n) is 7.34. The number of amides is 1. The van der Waals surface area contributed by atoms with Crippen molar-refractivity contribution in [3.05, 3.63) is 30.1 Å². The average Bonchev–Trinajstić information content (AvgIpc) is 2.72. The van der Waals surface area contributed by atoms with E-state index in [1.807, 2.05) is 0 Å². The standard InChI is InChI=1S/C19H28FN3O4S/c1-21(17-7-3-2-4-8-17)28(25,26)23-12-10-22(11-13-23)19(24)15-27-18-9-5-6-16(20)14-18/h5-6,9,14,17H,2-4,7-8,10-13,15H2,1H3. The molecule has 0 N–H and O–H groups in total. The van der Waals surface area contributed by atoms with Crippen LogP contribution in [0.3, 0.4) is 0 Å². The van der Waals surface area contributed by atoms with Crippen molar-refractivity contribution in [1.29, 1.82) is 0 Å². The summed E-state index contributed by atoms with van der Waals surface area (Å²) >= 11 is 0. The van der Waals surface area contributed by atoms with Gasteiger partial charge in [0.25, 0.3) is 16.1 Å². The molecule has 3 rings (SSSR count). The van der Waals surface area contributed by atoms with E-state index in [0.717, 1.165) is 25.7 Å². The molecule has 1 aliphatic heterocycles. The summed E-state index contributed by atoms with van der Waals surface area (Å²) in [4.78, 5) is 13.9. The molecule has 1 aliphatic carbocycles. The molecule has 2 aliphatic rings. The van der Waals surface area contributed by atoms with Gasteiger partial charge in [-0.15, -0.1) is 0 Å². The molecule has 0 radical (unpaired) electrons. The van der Waals surface area contributed by atoms with Gasteiger partial charge in [-0.25, -0.2) is 4.39 Å². The molecule has 156 valence electrons. The SMILES string of the molecule is CN(C1CCCCC1)S(=O)(=O)N1CCN(C(=O)COc2cccc(F)c2)CC1. The fourth-order valence-corrected chi connectivity index (χ4v) is 5.35. The lowest BCUT2D eigenvalue weighted by Crippen LogP contribution is -2.55. The molecule has 0 atom stereocenters. The lowest BCUT2D eigenvalue weighted by molar-refractivity contribution is -0.134. The third kappa shape index (κ3) is 5.01. The molecule has 7 nitrogen and oxygen atoms in total. The lowest BCUT2D eigenvalue weighted by atomic mass is 9.96. The summed E-state index contributed by atoms with van der Waals surface area (Å²) in [6.07, 6.45) is 5.12. The first kappa shape index (κ1) is 21.0. The van der Waals surface area contributed by atoms with E-state index in [-0.39, 0.29) is 31.6 Å². The van der Waals surface area contributed by atoms with Crippen molar-refractivity contribution in [2.24, 2.45) is 0 Å². The molecule has 28 heavy (non-hydrogen) atoms. The van der Waals surface area contributed by atoms with Crippen LogP contribution in [0.5, 0.6) is 5.75 Å². The predicted octanol–water partition coefficient (Wildman–Crippen LogP) is 1.86. The first-order chi connectivity index (χ1) is 13.4. The molecular weight excluding hydrogens is 385 g/mol. The van der Waals surface area contributed by atoms with Gasteiger partial charge in [-0.1, -0.05) is 25.3 Å². The minimum Gasteiger partial charge on any atom is -0.484 e. The number of hydrogen-bond acceptors (Lipinski definition) is 4. The van der Waals surface area contributed by atoms with Crippen LogP contribution in [0.25, 0.3) is 0 Å². The molecule has 0 bridgehead atoms. The summed E-state index contributed by atoms with van der Waals surface area (Å²) in [5.74, 6) is -0.364. The van der Waals surface area contributed by atoms with Gasteiger partial charge in [0, 0.05) is 45.3 Å². The van der Waals surface area contributed by atoms with Gasteiger partial charge < -0.3 is 9.64 Å². The van der Waals surface area contributed by atoms with Gasteiger partial charge >= 0.3 is 0 Å². The van der Waals surface area contributed by atoms with Crippen LogP contribution in [-0.2, 0) is 15.0 Å².